The SMILES string of the molecule is COc1ccc(Oc2ncc(CN)cc2C)cc1. The van der Waals surface area contributed by atoms with E-state index in [4.69, 9.17) is 15.2 Å². The standard InChI is InChI=1S/C14H16N2O2/c1-10-7-11(8-15)9-16-14(10)18-13-5-3-12(17-2)4-6-13/h3-7,9H,8,15H2,1-2H3. The molecule has 0 amide bonds. The second kappa shape index (κ2) is 5.51. The predicted molar refractivity (Wildman–Crippen MR) is 69.9 cm³/mol. The van der Waals surface area contributed by atoms with E-state index in [0.29, 0.717) is 12.4 Å². The molecule has 2 aromatic rings. The van der Waals surface area contributed by atoms with Crippen LogP contribution in [0.1, 0.15) is 11.1 Å². The van der Waals surface area contributed by atoms with Crippen LogP contribution in [0.2, 0.25) is 0 Å². The number of aromatic nitrogens is 1. The summed E-state index contributed by atoms with van der Waals surface area (Å²) in [5.41, 5.74) is 7.52. The molecule has 0 unspecified atom stereocenters. The van der Waals surface area contributed by atoms with Crippen LogP contribution in [0.15, 0.2) is 36.5 Å². The van der Waals surface area contributed by atoms with Gasteiger partial charge in [-0.1, -0.05) is 0 Å². The Kier molecular flexibility index (Phi) is 3.79. The number of aryl methyl sites for hydroxylation is 1. The van der Waals surface area contributed by atoms with E-state index >= 15 is 0 Å². The summed E-state index contributed by atoms with van der Waals surface area (Å²) in [5, 5.41) is 0. The lowest BCUT2D eigenvalue weighted by Gasteiger charge is -2.09. The van der Waals surface area contributed by atoms with Gasteiger partial charge in [-0.05, 0) is 42.8 Å². The molecule has 0 atom stereocenters. The molecule has 0 saturated heterocycles. The van der Waals surface area contributed by atoms with Crippen molar-refractivity contribution in [2.24, 2.45) is 5.73 Å². The molecule has 1 aromatic heterocycles. The number of pyridine rings is 1. The smallest absolute Gasteiger partial charge is 0.222 e. The first-order valence-electron chi connectivity index (χ1n) is 5.70. The number of nitrogens with two attached hydrogens (primary N) is 1. The predicted octanol–water partition coefficient (Wildman–Crippen LogP) is 2.65. The van der Waals surface area contributed by atoms with E-state index in [9.17, 15) is 0 Å². The summed E-state index contributed by atoms with van der Waals surface area (Å²) in [7, 11) is 1.63. The van der Waals surface area contributed by atoms with Crippen molar-refractivity contribution in [3.8, 4) is 17.4 Å². The van der Waals surface area contributed by atoms with Crippen molar-refractivity contribution in [3.63, 3.8) is 0 Å². The number of methoxy groups -OCH3 is 1. The Morgan fingerprint density at radius 3 is 2.39 bits per heavy atom. The molecule has 0 aliphatic rings. The van der Waals surface area contributed by atoms with Gasteiger partial charge in [0.05, 0.1) is 7.11 Å². The highest BCUT2D eigenvalue weighted by Crippen LogP contribution is 2.24. The molecular formula is C14H16N2O2. The van der Waals surface area contributed by atoms with E-state index in [0.717, 1.165) is 22.6 Å². The van der Waals surface area contributed by atoms with Gasteiger partial charge in [-0.3, -0.25) is 0 Å². The largest absolute Gasteiger partial charge is 0.497 e. The van der Waals surface area contributed by atoms with Gasteiger partial charge in [-0.25, -0.2) is 4.98 Å². The summed E-state index contributed by atoms with van der Waals surface area (Å²) < 4.78 is 10.8. The molecule has 0 aliphatic carbocycles. The lowest BCUT2D eigenvalue weighted by atomic mass is 10.2. The Bertz CT molecular complexity index is 524. The van der Waals surface area contributed by atoms with Gasteiger partial charge in [0.15, 0.2) is 0 Å². The van der Waals surface area contributed by atoms with Crippen molar-refractivity contribution >= 4 is 0 Å². The lowest BCUT2D eigenvalue weighted by Crippen LogP contribution is -1.99. The summed E-state index contributed by atoms with van der Waals surface area (Å²) >= 11 is 0. The van der Waals surface area contributed by atoms with Gasteiger partial charge >= 0.3 is 0 Å². The molecule has 0 spiro atoms. The van der Waals surface area contributed by atoms with Crippen molar-refractivity contribution in [1.82, 2.24) is 4.98 Å². The Morgan fingerprint density at radius 1 is 1.17 bits per heavy atom. The number of hydrogen-bond acceptors (Lipinski definition) is 4. The maximum atomic E-state index is 5.70. The van der Waals surface area contributed by atoms with Crippen LogP contribution < -0.4 is 15.2 Å². The molecule has 1 aromatic carbocycles. The van der Waals surface area contributed by atoms with Gasteiger partial charge in [0, 0.05) is 18.3 Å². The number of hydrogen-bond donors (Lipinski definition) is 1. The number of ether oxygens (including phenoxy) is 2. The summed E-state index contributed by atoms with van der Waals surface area (Å²) in [6.07, 6.45) is 1.73. The van der Waals surface area contributed by atoms with Crippen LogP contribution in [0.4, 0.5) is 0 Å². The Labute approximate surface area is 106 Å². The minimum absolute atomic E-state index is 0.483. The Hall–Kier alpha value is -2.07. The van der Waals surface area contributed by atoms with E-state index in [-0.39, 0.29) is 0 Å². The van der Waals surface area contributed by atoms with Gasteiger partial charge in [0.25, 0.3) is 0 Å². The maximum absolute atomic E-state index is 5.70. The second-order valence-electron chi connectivity index (χ2n) is 3.95. The van der Waals surface area contributed by atoms with E-state index < -0.39 is 0 Å². The van der Waals surface area contributed by atoms with Crippen molar-refractivity contribution in [1.29, 1.82) is 0 Å². The Balaban J connectivity index is 2.17. The summed E-state index contributed by atoms with van der Waals surface area (Å²) in [6.45, 7) is 2.43. The quantitative estimate of drug-likeness (QED) is 0.898. The summed E-state index contributed by atoms with van der Waals surface area (Å²) in [6, 6.07) is 9.36. The minimum Gasteiger partial charge on any atom is -0.497 e. The van der Waals surface area contributed by atoms with Crippen LogP contribution in [0.5, 0.6) is 17.4 Å². The van der Waals surface area contributed by atoms with Crippen molar-refractivity contribution in [2.45, 2.75) is 13.5 Å². The highest BCUT2D eigenvalue weighted by molar-refractivity contribution is 5.36. The van der Waals surface area contributed by atoms with Crippen molar-refractivity contribution < 1.29 is 9.47 Å². The van der Waals surface area contributed by atoms with Gasteiger partial charge in [0.2, 0.25) is 5.88 Å². The highest BCUT2D eigenvalue weighted by Gasteiger charge is 2.04. The summed E-state index contributed by atoms with van der Waals surface area (Å²) in [4.78, 5) is 4.25. The number of nitrogens with zero attached hydrogens (tertiary/aromatic N) is 1. The van der Waals surface area contributed by atoms with Gasteiger partial charge < -0.3 is 15.2 Å². The third-order valence-corrected chi connectivity index (χ3v) is 2.60. The highest BCUT2D eigenvalue weighted by atomic mass is 16.5. The molecule has 1 heterocycles. The zero-order chi connectivity index (χ0) is 13.0. The second-order valence-corrected chi connectivity index (χ2v) is 3.95. The van der Waals surface area contributed by atoms with Crippen LogP contribution in [0.3, 0.4) is 0 Å². The number of benzene rings is 1. The fourth-order valence-corrected chi connectivity index (χ4v) is 1.59. The molecule has 4 nitrogen and oxygen atoms in total. The molecule has 2 rings (SSSR count). The fourth-order valence-electron chi connectivity index (χ4n) is 1.59. The fraction of sp³-hybridized carbons (Fsp3) is 0.214. The topological polar surface area (TPSA) is 57.4 Å². The zero-order valence-corrected chi connectivity index (χ0v) is 10.5. The molecule has 0 fully saturated rings. The van der Waals surface area contributed by atoms with Gasteiger partial charge in [0.1, 0.15) is 11.5 Å². The minimum atomic E-state index is 0.483. The van der Waals surface area contributed by atoms with E-state index in [1.165, 1.54) is 0 Å². The average Bonchev–Trinajstić information content (AvgIpc) is 2.42. The van der Waals surface area contributed by atoms with E-state index in [1.807, 2.05) is 37.3 Å². The first-order chi connectivity index (χ1) is 8.72. The molecule has 2 N–H and O–H groups in total. The van der Waals surface area contributed by atoms with E-state index in [1.54, 1.807) is 13.3 Å². The normalized spacial score (nSPS) is 10.2. The van der Waals surface area contributed by atoms with Crippen LogP contribution >= 0.6 is 0 Å². The van der Waals surface area contributed by atoms with Gasteiger partial charge in [-0.15, -0.1) is 0 Å². The first kappa shape index (κ1) is 12.4. The molecular weight excluding hydrogens is 228 g/mol. The van der Waals surface area contributed by atoms with Crippen molar-refractivity contribution in [2.75, 3.05) is 7.11 Å². The first-order valence-corrected chi connectivity index (χ1v) is 5.70. The molecule has 0 radical (unpaired) electrons. The van der Waals surface area contributed by atoms with Crippen LogP contribution in [0.25, 0.3) is 0 Å². The molecule has 0 saturated carbocycles. The summed E-state index contributed by atoms with van der Waals surface area (Å²) in [5.74, 6) is 2.12. The molecule has 18 heavy (non-hydrogen) atoms. The Morgan fingerprint density at radius 2 is 1.83 bits per heavy atom. The van der Waals surface area contributed by atoms with Crippen LogP contribution in [0, 0.1) is 6.92 Å². The third kappa shape index (κ3) is 2.78. The van der Waals surface area contributed by atoms with E-state index in [2.05, 4.69) is 4.98 Å². The lowest BCUT2D eigenvalue weighted by molar-refractivity contribution is 0.412. The third-order valence-electron chi connectivity index (χ3n) is 2.60. The average molecular weight is 244 g/mol. The molecule has 0 bridgehead atoms. The van der Waals surface area contributed by atoms with Gasteiger partial charge in [-0.2, -0.15) is 0 Å². The molecule has 0 aliphatic heterocycles. The van der Waals surface area contributed by atoms with Crippen molar-refractivity contribution in [3.05, 3.63) is 47.7 Å². The zero-order valence-electron chi connectivity index (χ0n) is 10.5. The van der Waals surface area contributed by atoms with Crippen LogP contribution in [-0.4, -0.2) is 12.1 Å². The maximum Gasteiger partial charge on any atom is 0.222 e. The monoisotopic (exact) mass is 244 g/mol. The molecule has 94 valence electrons. The van der Waals surface area contributed by atoms with Crippen LogP contribution in [-0.2, 0) is 6.54 Å². The number of rotatable bonds is 4. The molecule has 4 heteroatoms.